The standard InChI is InChI=1S/C8H9F.C8H18/c1-6-4-3-5-8(9)7(6)2;1-4-6-8(3)7-5-2/h3-5H,1-2H3;8H,4-7H2,1-3H3. The Labute approximate surface area is 106 Å². The lowest BCUT2D eigenvalue weighted by Crippen LogP contribution is -1.91. The van der Waals surface area contributed by atoms with E-state index in [1.54, 1.807) is 13.0 Å². The van der Waals surface area contributed by atoms with Crippen molar-refractivity contribution in [1.29, 1.82) is 0 Å². The SMILES string of the molecule is CCCC(C)CCC.Cc1cccc(F)c1C. The van der Waals surface area contributed by atoms with Crippen LogP contribution in [0.2, 0.25) is 0 Å². The average molecular weight is 238 g/mol. The zero-order chi connectivity index (χ0) is 13.3. The second kappa shape index (κ2) is 9.21. The summed E-state index contributed by atoms with van der Waals surface area (Å²) < 4.78 is 12.6. The first-order valence-corrected chi connectivity index (χ1v) is 6.74. The van der Waals surface area contributed by atoms with Gasteiger partial charge in [0.05, 0.1) is 0 Å². The van der Waals surface area contributed by atoms with Crippen LogP contribution in [0.25, 0.3) is 0 Å². The van der Waals surface area contributed by atoms with E-state index in [1.165, 1.54) is 31.7 Å². The number of halogens is 1. The Morgan fingerprint density at radius 3 is 1.94 bits per heavy atom. The Bertz CT molecular complexity index is 278. The van der Waals surface area contributed by atoms with Gasteiger partial charge < -0.3 is 0 Å². The van der Waals surface area contributed by atoms with Gasteiger partial charge in [0.2, 0.25) is 0 Å². The fraction of sp³-hybridized carbons (Fsp3) is 0.625. The van der Waals surface area contributed by atoms with E-state index in [-0.39, 0.29) is 5.82 Å². The third-order valence-electron chi connectivity index (χ3n) is 3.10. The molecular weight excluding hydrogens is 211 g/mol. The molecule has 0 nitrogen and oxygen atoms in total. The highest BCUT2D eigenvalue weighted by molar-refractivity contribution is 5.25. The summed E-state index contributed by atoms with van der Waals surface area (Å²) in [4.78, 5) is 0. The summed E-state index contributed by atoms with van der Waals surface area (Å²) in [6.45, 7) is 10.5. The Kier molecular flexibility index (Phi) is 8.75. The minimum Gasteiger partial charge on any atom is -0.207 e. The summed E-state index contributed by atoms with van der Waals surface area (Å²) in [5.41, 5.74) is 1.76. The summed E-state index contributed by atoms with van der Waals surface area (Å²) in [7, 11) is 0. The number of rotatable bonds is 4. The van der Waals surface area contributed by atoms with Gasteiger partial charge in [-0.1, -0.05) is 58.6 Å². The molecule has 0 aliphatic carbocycles. The van der Waals surface area contributed by atoms with Crippen molar-refractivity contribution in [2.45, 2.75) is 60.3 Å². The van der Waals surface area contributed by atoms with Crippen molar-refractivity contribution in [3.05, 3.63) is 35.1 Å². The molecule has 1 rings (SSSR count). The van der Waals surface area contributed by atoms with Crippen LogP contribution in [0.15, 0.2) is 18.2 Å². The topological polar surface area (TPSA) is 0 Å². The summed E-state index contributed by atoms with van der Waals surface area (Å²) in [6, 6.07) is 5.10. The maximum atomic E-state index is 12.6. The maximum absolute atomic E-state index is 12.6. The minimum atomic E-state index is -0.116. The molecule has 1 aromatic rings. The molecule has 0 radical (unpaired) electrons. The molecule has 0 saturated carbocycles. The molecule has 17 heavy (non-hydrogen) atoms. The van der Waals surface area contributed by atoms with Gasteiger partial charge >= 0.3 is 0 Å². The monoisotopic (exact) mass is 238 g/mol. The van der Waals surface area contributed by atoms with Gasteiger partial charge in [-0.05, 0) is 37.0 Å². The average Bonchev–Trinajstić information content (AvgIpc) is 2.27. The molecule has 1 aromatic carbocycles. The van der Waals surface area contributed by atoms with Gasteiger partial charge in [0.1, 0.15) is 5.82 Å². The number of aryl methyl sites for hydroxylation is 1. The van der Waals surface area contributed by atoms with E-state index in [2.05, 4.69) is 20.8 Å². The zero-order valence-electron chi connectivity index (χ0n) is 12.0. The van der Waals surface area contributed by atoms with Gasteiger partial charge in [0.15, 0.2) is 0 Å². The summed E-state index contributed by atoms with van der Waals surface area (Å²) >= 11 is 0. The molecule has 0 aliphatic heterocycles. The summed E-state index contributed by atoms with van der Waals surface area (Å²) in [5, 5.41) is 0. The van der Waals surface area contributed by atoms with Crippen LogP contribution in [0.1, 0.15) is 57.6 Å². The van der Waals surface area contributed by atoms with Crippen molar-refractivity contribution in [1.82, 2.24) is 0 Å². The molecule has 0 fully saturated rings. The van der Waals surface area contributed by atoms with Crippen molar-refractivity contribution in [3.8, 4) is 0 Å². The van der Waals surface area contributed by atoms with Crippen LogP contribution in [-0.2, 0) is 0 Å². The van der Waals surface area contributed by atoms with E-state index >= 15 is 0 Å². The molecule has 0 unspecified atom stereocenters. The van der Waals surface area contributed by atoms with Gasteiger partial charge in [-0.15, -0.1) is 0 Å². The van der Waals surface area contributed by atoms with Gasteiger partial charge in [-0.2, -0.15) is 0 Å². The van der Waals surface area contributed by atoms with Crippen LogP contribution in [0, 0.1) is 25.6 Å². The fourth-order valence-electron chi connectivity index (χ4n) is 1.85. The number of hydrogen-bond donors (Lipinski definition) is 0. The molecule has 0 spiro atoms. The van der Waals surface area contributed by atoms with Crippen LogP contribution in [0.5, 0.6) is 0 Å². The lowest BCUT2D eigenvalue weighted by atomic mass is 10.0. The van der Waals surface area contributed by atoms with E-state index in [4.69, 9.17) is 0 Å². The molecular formula is C16H27F. The van der Waals surface area contributed by atoms with Crippen LogP contribution < -0.4 is 0 Å². The minimum absolute atomic E-state index is 0.116. The van der Waals surface area contributed by atoms with E-state index in [9.17, 15) is 4.39 Å². The van der Waals surface area contributed by atoms with Crippen molar-refractivity contribution in [2.24, 2.45) is 5.92 Å². The molecule has 0 amide bonds. The van der Waals surface area contributed by atoms with E-state index in [0.29, 0.717) is 0 Å². The van der Waals surface area contributed by atoms with Crippen LogP contribution in [-0.4, -0.2) is 0 Å². The normalized spacial score (nSPS) is 10.1. The second-order valence-corrected chi connectivity index (χ2v) is 4.86. The number of benzene rings is 1. The first-order chi connectivity index (χ1) is 8.02. The second-order valence-electron chi connectivity index (χ2n) is 4.86. The van der Waals surface area contributed by atoms with Gasteiger partial charge in [-0.3, -0.25) is 0 Å². The van der Waals surface area contributed by atoms with Crippen molar-refractivity contribution in [2.75, 3.05) is 0 Å². The van der Waals surface area contributed by atoms with E-state index in [0.717, 1.165) is 17.0 Å². The van der Waals surface area contributed by atoms with Crippen molar-refractivity contribution < 1.29 is 4.39 Å². The van der Waals surface area contributed by atoms with Crippen molar-refractivity contribution in [3.63, 3.8) is 0 Å². The molecule has 0 aliphatic rings. The van der Waals surface area contributed by atoms with Gasteiger partial charge in [0.25, 0.3) is 0 Å². The highest BCUT2D eigenvalue weighted by Gasteiger charge is 1.96. The molecule has 0 atom stereocenters. The van der Waals surface area contributed by atoms with Crippen molar-refractivity contribution >= 4 is 0 Å². The summed E-state index contributed by atoms with van der Waals surface area (Å²) in [6.07, 6.45) is 5.52. The highest BCUT2D eigenvalue weighted by atomic mass is 19.1. The van der Waals surface area contributed by atoms with E-state index in [1.807, 2.05) is 13.0 Å². The first kappa shape index (κ1) is 16.1. The van der Waals surface area contributed by atoms with Crippen LogP contribution >= 0.6 is 0 Å². The Balaban J connectivity index is 0.000000304. The Morgan fingerprint density at radius 1 is 1.06 bits per heavy atom. The predicted molar refractivity (Wildman–Crippen MR) is 74.9 cm³/mol. The quantitative estimate of drug-likeness (QED) is 0.634. The van der Waals surface area contributed by atoms with Crippen LogP contribution in [0.4, 0.5) is 4.39 Å². The molecule has 1 heteroatoms. The Morgan fingerprint density at radius 2 is 1.59 bits per heavy atom. The lowest BCUT2D eigenvalue weighted by molar-refractivity contribution is 0.480. The fourth-order valence-corrected chi connectivity index (χ4v) is 1.85. The van der Waals surface area contributed by atoms with Gasteiger partial charge in [-0.25, -0.2) is 4.39 Å². The smallest absolute Gasteiger partial charge is 0.126 e. The molecule has 0 bridgehead atoms. The third-order valence-corrected chi connectivity index (χ3v) is 3.10. The lowest BCUT2D eigenvalue weighted by Gasteiger charge is -2.05. The molecule has 0 aromatic heterocycles. The maximum Gasteiger partial charge on any atom is 0.126 e. The zero-order valence-corrected chi connectivity index (χ0v) is 12.0. The third kappa shape index (κ3) is 7.14. The van der Waals surface area contributed by atoms with E-state index < -0.39 is 0 Å². The molecule has 0 heterocycles. The molecule has 98 valence electrons. The highest BCUT2D eigenvalue weighted by Crippen LogP contribution is 2.11. The molecule has 0 saturated heterocycles. The summed E-state index contributed by atoms with van der Waals surface area (Å²) in [5.74, 6) is 0.847. The Hall–Kier alpha value is -0.850. The van der Waals surface area contributed by atoms with Crippen LogP contribution in [0.3, 0.4) is 0 Å². The number of hydrogen-bond acceptors (Lipinski definition) is 0. The van der Waals surface area contributed by atoms with Gasteiger partial charge in [0, 0.05) is 0 Å². The largest absolute Gasteiger partial charge is 0.207 e. The first-order valence-electron chi connectivity index (χ1n) is 6.74. The molecule has 0 N–H and O–H groups in total. The predicted octanol–water partition coefficient (Wildman–Crippen LogP) is 5.67.